The molecule has 1 atom stereocenters. The molecule has 8 nitrogen and oxygen atoms in total. The molecule has 0 saturated carbocycles. The zero-order valence-electron chi connectivity index (χ0n) is 19.8. The van der Waals surface area contributed by atoms with Crippen LogP contribution < -0.4 is 0 Å². The average Bonchev–Trinajstić information content (AvgIpc) is 2.85. The number of hydrogen-bond donors (Lipinski definition) is 0. The standard InChI is InChI=1S/C25H36O8/c1-7-20(26)13-14-24(11-5,17-31-21(27)8-2)15-30-16-25(12-6,18-32-22(28)9-3)19-33-23(29)10-4/h7-10H,1-4,11-19H2,5-6H3. The molecule has 0 N–H and O–H groups in total. The van der Waals surface area contributed by atoms with E-state index in [0.29, 0.717) is 19.3 Å². The SMILES string of the molecule is C=CC(=O)CCC(CC)(COCC(CC)(COC(=O)C=C)COC(=O)C=C)COC(=O)C=C. The van der Waals surface area contributed by atoms with Crippen molar-refractivity contribution in [3.8, 4) is 0 Å². The summed E-state index contributed by atoms with van der Waals surface area (Å²) < 4.78 is 21.7. The lowest BCUT2D eigenvalue weighted by atomic mass is 9.81. The fourth-order valence-electron chi connectivity index (χ4n) is 2.82. The molecule has 33 heavy (non-hydrogen) atoms. The summed E-state index contributed by atoms with van der Waals surface area (Å²) in [7, 11) is 0. The molecule has 0 bridgehead atoms. The number of ether oxygens (including phenoxy) is 4. The molecule has 1 unspecified atom stereocenters. The molecular weight excluding hydrogens is 428 g/mol. The van der Waals surface area contributed by atoms with Gasteiger partial charge in [-0.2, -0.15) is 0 Å². The van der Waals surface area contributed by atoms with Crippen molar-refractivity contribution in [3.05, 3.63) is 50.6 Å². The molecule has 0 aromatic carbocycles. The Morgan fingerprint density at radius 2 is 1.03 bits per heavy atom. The lowest BCUT2D eigenvalue weighted by Gasteiger charge is -2.35. The smallest absolute Gasteiger partial charge is 0.330 e. The van der Waals surface area contributed by atoms with E-state index in [0.717, 1.165) is 18.2 Å². The molecule has 0 amide bonds. The van der Waals surface area contributed by atoms with E-state index in [1.165, 1.54) is 6.08 Å². The van der Waals surface area contributed by atoms with Crippen molar-refractivity contribution in [3.63, 3.8) is 0 Å². The first-order valence-corrected chi connectivity index (χ1v) is 10.8. The van der Waals surface area contributed by atoms with E-state index in [1.54, 1.807) is 0 Å². The Kier molecular flexibility index (Phi) is 14.3. The maximum Gasteiger partial charge on any atom is 0.330 e. The number of carbonyl (C=O) groups is 4. The summed E-state index contributed by atoms with van der Waals surface area (Å²) in [5.41, 5.74) is -1.45. The molecule has 0 fully saturated rings. The maximum absolute atomic E-state index is 11.8. The molecule has 0 radical (unpaired) electrons. The van der Waals surface area contributed by atoms with E-state index in [1.807, 2.05) is 13.8 Å². The number of hydrogen-bond acceptors (Lipinski definition) is 8. The number of ketones is 1. The van der Waals surface area contributed by atoms with Gasteiger partial charge in [0, 0.05) is 30.1 Å². The second-order valence-corrected chi connectivity index (χ2v) is 7.81. The summed E-state index contributed by atoms with van der Waals surface area (Å²) >= 11 is 0. The third-order valence-corrected chi connectivity index (χ3v) is 5.51. The molecule has 0 saturated heterocycles. The minimum atomic E-state index is -0.814. The van der Waals surface area contributed by atoms with Gasteiger partial charge in [-0.05, 0) is 25.3 Å². The number of carbonyl (C=O) groups excluding carboxylic acids is 4. The molecule has 0 aliphatic rings. The Morgan fingerprint density at radius 1 is 0.636 bits per heavy atom. The Balaban J connectivity index is 5.50. The highest BCUT2D eigenvalue weighted by atomic mass is 16.6. The van der Waals surface area contributed by atoms with Crippen molar-refractivity contribution in [2.75, 3.05) is 33.0 Å². The number of esters is 3. The van der Waals surface area contributed by atoms with Crippen molar-refractivity contribution >= 4 is 23.7 Å². The van der Waals surface area contributed by atoms with Gasteiger partial charge >= 0.3 is 17.9 Å². The molecule has 0 rings (SSSR count). The second-order valence-electron chi connectivity index (χ2n) is 7.81. The summed E-state index contributed by atoms with van der Waals surface area (Å²) in [5.74, 6) is -1.91. The van der Waals surface area contributed by atoms with E-state index >= 15 is 0 Å². The number of rotatable bonds is 19. The van der Waals surface area contributed by atoms with Gasteiger partial charge in [-0.1, -0.05) is 40.2 Å². The van der Waals surface area contributed by atoms with Crippen LogP contribution in [-0.4, -0.2) is 56.7 Å². The first-order valence-electron chi connectivity index (χ1n) is 10.8. The van der Waals surface area contributed by atoms with Gasteiger partial charge in [0.2, 0.25) is 0 Å². The Bertz CT molecular complexity index is 614. The van der Waals surface area contributed by atoms with Crippen LogP contribution in [0.1, 0.15) is 39.5 Å². The minimum absolute atomic E-state index is 0.0365. The van der Waals surface area contributed by atoms with Crippen LogP contribution in [-0.2, 0) is 38.1 Å². The van der Waals surface area contributed by atoms with E-state index in [-0.39, 0.29) is 45.2 Å². The molecule has 0 aromatic rings. The van der Waals surface area contributed by atoms with Crippen LogP contribution >= 0.6 is 0 Å². The summed E-state index contributed by atoms with van der Waals surface area (Å²) in [4.78, 5) is 46.6. The molecule has 0 aliphatic carbocycles. The van der Waals surface area contributed by atoms with Crippen molar-refractivity contribution in [1.29, 1.82) is 0 Å². The van der Waals surface area contributed by atoms with Crippen molar-refractivity contribution in [1.82, 2.24) is 0 Å². The molecule has 0 aliphatic heterocycles. The van der Waals surface area contributed by atoms with Crippen LogP contribution in [0.2, 0.25) is 0 Å². The average molecular weight is 465 g/mol. The lowest BCUT2D eigenvalue weighted by molar-refractivity contribution is -0.154. The minimum Gasteiger partial charge on any atom is -0.462 e. The fraction of sp³-hybridized carbons (Fsp3) is 0.520. The van der Waals surface area contributed by atoms with Gasteiger partial charge in [0.1, 0.15) is 13.2 Å². The van der Waals surface area contributed by atoms with Crippen LogP contribution in [0.15, 0.2) is 50.6 Å². The zero-order chi connectivity index (χ0) is 25.3. The maximum atomic E-state index is 11.8. The summed E-state index contributed by atoms with van der Waals surface area (Å²) in [6, 6.07) is 0. The van der Waals surface area contributed by atoms with Crippen molar-refractivity contribution < 1.29 is 38.1 Å². The highest BCUT2D eigenvalue weighted by Crippen LogP contribution is 2.32. The van der Waals surface area contributed by atoms with Crippen LogP contribution in [0.4, 0.5) is 0 Å². The lowest BCUT2D eigenvalue weighted by Crippen LogP contribution is -2.40. The summed E-state index contributed by atoms with van der Waals surface area (Å²) in [6.45, 7) is 17.6. The van der Waals surface area contributed by atoms with Gasteiger partial charge in [-0.15, -0.1) is 0 Å². The normalized spacial score (nSPS) is 12.5. The Morgan fingerprint density at radius 3 is 1.39 bits per heavy atom. The first-order chi connectivity index (χ1) is 15.6. The quantitative estimate of drug-likeness (QED) is 0.162. The monoisotopic (exact) mass is 464 g/mol. The highest BCUT2D eigenvalue weighted by molar-refractivity contribution is 5.89. The Labute approximate surface area is 196 Å². The second kappa shape index (κ2) is 15.7. The van der Waals surface area contributed by atoms with Gasteiger partial charge in [0.25, 0.3) is 0 Å². The van der Waals surface area contributed by atoms with Crippen LogP contribution in [0, 0.1) is 10.8 Å². The molecule has 0 heterocycles. The van der Waals surface area contributed by atoms with Crippen LogP contribution in [0.25, 0.3) is 0 Å². The van der Waals surface area contributed by atoms with Crippen LogP contribution in [0.3, 0.4) is 0 Å². The third kappa shape index (κ3) is 11.4. The first kappa shape index (κ1) is 30.0. The van der Waals surface area contributed by atoms with E-state index in [9.17, 15) is 19.2 Å². The largest absolute Gasteiger partial charge is 0.462 e. The number of allylic oxidation sites excluding steroid dienone is 1. The third-order valence-electron chi connectivity index (χ3n) is 5.51. The van der Waals surface area contributed by atoms with Gasteiger partial charge in [-0.25, -0.2) is 14.4 Å². The molecule has 8 heteroatoms. The fourth-order valence-corrected chi connectivity index (χ4v) is 2.82. The Hall–Kier alpha value is -3.00. The highest BCUT2D eigenvalue weighted by Gasteiger charge is 2.36. The van der Waals surface area contributed by atoms with Gasteiger partial charge in [0.05, 0.1) is 25.2 Å². The summed E-state index contributed by atoms with van der Waals surface area (Å²) in [6.07, 6.45) is 6.09. The van der Waals surface area contributed by atoms with Crippen molar-refractivity contribution in [2.24, 2.45) is 10.8 Å². The van der Waals surface area contributed by atoms with Gasteiger partial charge in [0.15, 0.2) is 5.78 Å². The molecule has 0 spiro atoms. The van der Waals surface area contributed by atoms with Crippen LogP contribution in [0.5, 0.6) is 0 Å². The topological polar surface area (TPSA) is 105 Å². The summed E-state index contributed by atoms with van der Waals surface area (Å²) in [5, 5.41) is 0. The van der Waals surface area contributed by atoms with E-state index < -0.39 is 28.7 Å². The predicted molar refractivity (Wildman–Crippen MR) is 124 cm³/mol. The predicted octanol–water partition coefficient (Wildman–Crippen LogP) is 3.52. The zero-order valence-corrected chi connectivity index (χ0v) is 19.8. The van der Waals surface area contributed by atoms with Crippen molar-refractivity contribution in [2.45, 2.75) is 39.5 Å². The van der Waals surface area contributed by atoms with E-state index in [4.69, 9.17) is 18.9 Å². The molecule has 0 aromatic heterocycles. The molecular formula is C25H36O8. The van der Waals surface area contributed by atoms with Gasteiger partial charge < -0.3 is 18.9 Å². The molecule has 184 valence electrons. The van der Waals surface area contributed by atoms with Gasteiger partial charge in [-0.3, -0.25) is 4.79 Å². The van der Waals surface area contributed by atoms with E-state index in [2.05, 4.69) is 26.3 Å².